The van der Waals surface area contributed by atoms with Crippen molar-refractivity contribution in [3.63, 3.8) is 0 Å². The third-order valence-electron chi connectivity index (χ3n) is 4.35. The van der Waals surface area contributed by atoms with Crippen LogP contribution in [0.5, 0.6) is 0 Å². The van der Waals surface area contributed by atoms with Crippen LogP contribution >= 0.6 is 0 Å². The van der Waals surface area contributed by atoms with Crippen molar-refractivity contribution in [1.29, 1.82) is 0 Å². The van der Waals surface area contributed by atoms with E-state index < -0.39 is 0 Å². The van der Waals surface area contributed by atoms with Crippen LogP contribution in [0, 0.1) is 13.8 Å². The van der Waals surface area contributed by atoms with Crippen LogP contribution in [-0.4, -0.2) is 16.9 Å². The first-order valence-corrected chi connectivity index (χ1v) is 8.37. The van der Waals surface area contributed by atoms with Crippen molar-refractivity contribution < 1.29 is 9.59 Å². The van der Waals surface area contributed by atoms with E-state index in [1.807, 2.05) is 51.1 Å². The van der Waals surface area contributed by atoms with Crippen molar-refractivity contribution in [2.75, 3.05) is 10.6 Å². The zero-order chi connectivity index (χ0) is 18.0. The van der Waals surface area contributed by atoms with E-state index in [-0.39, 0.29) is 18.0 Å². The van der Waals surface area contributed by atoms with E-state index in [0.717, 1.165) is 34.6 Å². The van der Waals surface area contributed by atoms with E-state index in [0.29, 0.717) is 12.1 Å². The number of nitrogens with zero attached hydrogens (tertiary/aromatic N) is 1. The lowest BCUT2D eigenvalue weighted by Gasteiger charge is -2.20. The molecule has 3 rings (SSSR count). The summed E-state index contributed by atoms with van der Waals surface area (Å²) < 4.78 is 0. The molecular formula is C19H22N4O2. The number of benzene rings is 1. The molecule has 0 radical (unpaired) electrons. The average Bonchev–Trinajstić information content (AvgIpc) is 2.56. The molecule has 1 aromatic carbocycles. The second-order valence-electron chi connectivity index (χ2n) is 6.37. The first-order valence-electron chi connectivity index (χ1n) is 8.37. The van der Waals surface area contributed by atoms with Gasteiger partial charge in [-0.05, 0) is 56.5 Å². The number of amides is 3. The average molecular weight is 338 g/mol. The standard InChI is InChI=1S/C19H22N4O2/c1-11-4-7-16(13(3)20-11)23-19(25)21-12(2)14-5-8-17-15(10-14)6-9-18(24)22-17/h4-5,7-8,10,12H,6,9H2,1-3H3,(H,22,24)(H2,21,23,25)/t12-/m0/s1. The molecular weight excluding hydrogens is 316 g/mol. The van der Waals surface area contributed by atoms with Gasteiger partial charge in [-0.3, -0.25) is 9.78 Å². The summed E-state index contributed by atoms with van der Waals surface area (Å²) in [6, 6.07) is 9.15. The van der Waals surface area contributed by atoms with Gasteiger partial charge in [0.05, 0.1) is 17.4 Å². The summed E-state index contributed by atoms with van der Waals surface area (Å²) in [7, 11) is 0. The number of carbonyl (C=O) groups excluding carboxylic acids is 2. The highest BCUT2D eigenvalue weighted by molar-refractivity contribution is 5.94. The van der Waals surface area contributed by atoms with E-state index in [4.69, 9.17) is 0 Å². The summed E-state index contributed by atoms with van der Waals surface area (Å²) in [5, 5.41) is 8.64. The van der Waals surface area contributed by atoms with E-state index >= 15 is 0 Å². The van der Waals surface area contributed by atoms with Crippen LogP contribution in [0.3, 0.4) is 0 Å². The first-order chi connectivity index (χ1) is 11.9. The number of hydrogen-bond acceptors (Lipinski definition) is 3. The minimum Gasteiger partial charge on any atom is -0.331 e. The smallest absolute Gasteiger partial charge is 0.319 e. The molecule has 0 saturated carbocycles. The predicted octanol–water partition coefficient (Wildman–Crippen LogP) is 3.47. The molecule has 25 heavy (non-hydrogen) atoms. The molecule has 130 valence electrons. The maximum Gasteiger partial charge on any atom is 0.319 e. The predicted molar refractivity (Wildman–Crippen MR) is 97.7 cm³/mol. The van der Waals surface area contributed by atoms with Crippen molar-refractivity contribution in [3.8, 4) is 0 Å². The molecule has 0 fully saturated rings. The zero-order valence-electron chi connectivity index (χ0n) is 14.6. The van der Waals surface area contributed by atoms with E-state index in [1.54, 1.807) is 0 Å². The second-order valence-corrected chi connectivity index (χ2v) is 6.37. The van der Waals surface area contributed by atoms with Crippen LogP contribution in [0.4, 0.5) is 16.2 Å². The molecule has 1 atom stereocenters. The quantitative estimate of drug-likeness (QED) is 0.801. The fourth-order valence-electron chi connectivity index (χ4n) is 2.93. The fraction of sp³-hybridized carbons (Fsp3) is 0.316. The molecule has 3 amide bonds. The number of rotatable bonds is 3. The number of aryl methyl sites for hydroxylation is 3. The highest BCUT2D eigenvalue weighted by atomic mass is 16.2. The lowest BCUT2D eigenvalue weighted by Crippen LogP contribution is -2.31. The van der Waals surface area contributed by atoms with E-state index in [2.05, 4.69) is 20.9 Å². The van der Waals surface area contributed by atoms with Crippen LogP contribution in [0.15, 0.2) is 30.3 Å². The van der Waals surface area contributed by atoms with Crippen molar-refractivity contribution in [1.82, 2.24) is 10.3 Å². The normalized spacial score (nSPS) is 14.3. The highest BCUT2D eigenvalue weighted by Gasteiger charge is 2.17. The summed E-state index contributed by atoms with van der Waals surface area (Å²) in [6.07, 6.45) is 1.22. The summed E-state index contributed by atoms with van der Waals surface area (Å²) in [6.45, 7) is 5.71. The Labute approximate surface area is 147 Å². The summed E-state index contributed by atoms with van der Waals surface area (Å²) >= 11 is 0. The van der Waals surface area contributed by atoms with Crippen LogP contribution in [0.25, 0.3) is 0 Å². The first kappa shape index (κ1) is 17.0. The maximum absolute atomic E-state index is 12.3. The molecule has 2 aromatic rings. The van der Waals surface area contributed by atoms with Gasteiger partial charge in [-0.15, -0.1) is 0 Å². The number of nitrogens with one attached hydrogen (secondary N) is 3. The van der Waals surface area contributed by atoms with Crippen LogP contribution in [0.1, 0.15) is 41.9 Å². The topological polar surface area (TPSA) is 83.1 Å². The fourth-order valence-corrected chi connectivity index (χ4v) is 2.93. The molecule has 1 aromatic heterocycles. The molecule has 0 unspecified atom stereocenters. The van der Waals surface area contributed by atoms with Gasteiger partial charge in [-0.25, -0.2) is 4.79 Å². The van der Waals surface area contributed by atoms with E-state index in [9.17, 15) is 9.59 Å². The third kappa shape index (κ3) is 3.96. The van der Waals surface area contributed by atoms with Gasteiger partial charge in [0.1, 0.15) is 0 Å². The summed E-state index contributed by atoms with van der Waals surface area (Å²) in [5.41, 5.74) is 5.36. The van der Waals surface area contributed by atoms with Crippen LogP contribution in [-0.2, 0) is 11.2 Å². The monoisotopic (exact) mass is 338 g/mol. The van der Waals surface area contributed by atoms with Gasteiger partial charge in [0.25, 0.3) is 0 Å². The number of aromatic nitrogens is 1. The molecule has 6 heteroatoms. The molecule has 0 saturated heterocycles. The second kappa shape index (κ2) is 6.93. The number of pyridine rings is 1. The zero-order valence-corrected chi connectivity index (χ0v) is 14.6. The largest absolute Gasteiger partial charge is 0.331 e. The number of fused-ring (bicyclic) bond motifs is 1. The van der Waals surface area contributed by atoms with Crippen LogP contribution in [0.2, 0.25) is 0 Å². The Morgan fingerprint density at radius 1 is 1.20 bits per heavy atom. The molecule has 1 aliphatic heterocycles. The van der Waals surface area contributed by atoms with Gasteiger partial charge in [-0.1, -0.05) is 12.1 Å². The SMILES string of the molecule is Cc1ccc(NC(=O)N[C@@H](C)c2ccc3c(c2)CCC(=O)N3)c(C)n1. The van der Waals surface area contributed by atoms with Gasteiger partial charge in [0.15, 0.2) is 0 Å². The van der Waals surface area contributed by atoms with Crippen LogP contribution < -0.4 is 16.0 Å². The molecule has 2 heterocycles. The van der Waals surface area contributed by atoms with Gasteiger partial charge >= 0.3 is 6.03 Å². The Morgan fingerprint density at radius 3 is 2.76 bits per heavy atom. The van der Waals surface area contributed by atoms with Gasteiger partial charge in [0.2, 0.25) is 5.91 Å². The summed E-state index contributed by atoms with van der Waals surface area (Å²) in [4.78, 5) is 28.0. The lowest BCUT2D eigenvalue weighted by molar-refractivity contribution is -0.116. The van der Waals surface area contributed by atoms with Crippen molar-refractivity contribution in [2.45, 2.75) is 39.7 Å². The molecule has 6 nitrogen and oxygen atoms in total. The molecule has 0 aliphatic carbocycles. The molecule has 0 spiro atoms. The Hall–Kier alpha value is -2.89. The van der Waals surface area contributed by atoms with E-state index in [1.165, 1.54) is 0 Å². The number of anilines is 2. The summed E-state index contributed by atoms with van der Waals surface area (Å²) in [5.74, 6) is 0.0490. The van der Waals surface area contributed by atoms with Gasteiger partial charge in [0, 0.05) is 17.8 Å². The third-order valence-corrected chi connectivity index (χ3v) is 4.35. The Balaban J connectivity index is 1.66. The number of carbonyl (C=O) groups is 2. The Morgan fingerprint density at radius 2 is 2.00 bits per heavy atom. The highest BCUT2D eigenvalue weighted by Crippen LogP contribution is 2.26. The molecule has 0 bridgehead atoms. The molecule has 1 aliphatic rings. The Kier molecular flexibility index (Phi) is 4.70. The lowest BCUT2D eigenvalue weighted by atomic mass is 9.98. The number of urea groups is 1. The Bertz CT molecular complexity index is 832. The minimum absolute atomic E-state index is 0.0490. The van der Waals surface area contributed by atoms with Gasteiger partial charge in [-0.2, -0.15) is 0 Å². The van der Waals surface area contributed by atoms with Gasteiger partial charge < -0.3 is 16.0 Å². The maximum atomic E-state index is 12.3. The van der Waals surface area contributed by atoms with Crippen molar-refractivity contribution >= 4 is 23.3 Å². The minimum atomic E-state index is -0.271. The van der Waals surface area contributed by atoms with Crippen molar-refractivity contribution in [2.24, 2.45) is 0 Å². The molecule has 3 N–H and O–H groups in total. The number of hydrogen-bond donors (Lipinski definition) is 3. The van der Waals surface area contributed by atoms with Crippen molar-refractivity contribution in [3.05, 3.63) is 52.8 Å².